The summed E-state index contributed by atoms with van der Waals surface area (Å²) in [4.78, 5) is 12.8. The minimum absolute atomic E-state index is 0.293. The van der Waals surface area contributed by atoms with Gasteiger partial charge in [0.05, 0.1) is 11.9 Å². The van der Waals surface area contributed by atoms with E-state index in [9.17, 15) is 13.2 Å². The number of halogens is 2. The van der Waals surface area contributed by atoms with Crippen LogP contribution in [0.25, 0.3) is 0 Å². The Balaban J connectivity index is 2.39. The number of nitrogens with zero attached hydrogens (tertiary/aromatic N) is 1. The van der Waals surface area contributed by atoms with Crippen molar-refractivity contribution < 1.29 is 13.2 Å². The van der Waals surface area contributed by atoms with E-state index in [2.05, 4.69) is 5.32 Å². The molecule has 0 saturated heterocycles. The highest BCUT2D eigenvalue weighted by molar-refractivity contribution is 7.92. The number of benzene rings is 2. The molecule has 2 aromatic carbocycles. The topological polar surface area (TPSA) is 66.5 Å². The lowest BCUT2D eigenvalue weighted by Crippen LogP contribution is -2.47. The van der Waals surface area contributed by atoms with Gasteiger partial charge in [-0.2, -0.15) is 0 Å². The Hall–Kier alpha value is -1.76. The van der Waals surface area contributed by atoms with Crippen molar-refractivity contribution >= 4 is 50.5 Å². The summed E-state index contributed by atoms with van der Waals surface area (Å²) in [5.74, 6) is -0.432. The lowest BCUT2D eigenvalue weighted by Gasteiger charge is -2.30. The quantitative estimate of drug-likeness (QED) is 0.756. The van der Waals surface area contributed by atoms with E-state index < -0.39 is 22.0 Å². The third-order valence-electron chi connectivity index (χ3n) is 3.87. The van der Waals surface area contributed by atoms with E-state index in [-0.39, 0.29) is 0 Å². The maximum atomic E-state index is 12.8. The van der Waals surface area contributed by atoms with Crippen molar-refractivity contribution in [2.24, 2.45) is 0 Å². The summed E-state index contributed by atoms with van der Waals surface area (Å²) in [6.07, 6.45) is 1.36. The maximum Gasteiger partial charge on any atom is 0.248 e. The smallest absolute Gasteiger partial charge is 0.248 e. The Morgan fingerprint density at radius 3 is 2.23 bits per heavy atom. The van der Waals surface area contributed by atoms with Crippen LogP contribution in [0.15, 0.2) is 42.5 Å². The summed E-state index contributed by atoms with van der Waals surface area (Å²) >= 11 is 11.9. The number of carbonyl (C=O) groups is 1. The van der Waals surface area contributed by atoms with Gasteiger partial charge >= 0.3 is 0 Å². The molecule has 140 valence electrons. The second-order valence-corrected chi connectivity index (χ2v) is 8.64. The normalized spacial score (nSPS) is 12.5. The molecule has 1 amide bonds. The first-order valence-electron chi connectivity index (χ1n) is 7.95. The van der Waals surface area contributed by atoms with Gasteiger partial charge < -0.3 is 5.32 Å². The van der Waals surface area contributed by atoms with Gasteiger partial charge in [-0.05, 0) is 55.3 Å². The summed E-state index contributed by atoms with van der Waals surface area (Å²) < 4.78 is 25.9. The van der Waals surface area contributed by atoms with Crippen LogP contribution in [0, 0.1) is 6.92 Å². The van der Waals surface area contributed by atoms with E-state index in [1.165, 1.54) is 0 Å². The van der Waals surface area contributed by atoms with E-state index in [4.69, 9.17) is 23.2 Å². The van der Waals surface area contributed by atoms with Gasteiger partial charge in [0, 0.05) is 15.7 Å². The van der Waals surface area contributed by atoms with Crippen LogP contribution >= 0.6 is 23.2 Å². The van der Waals surface area contributed by atoms with Gasteiger partial charge in [0.2, 0.25) is 15.9 Å². The van der Waals surface area contributed by atoms with Crippen molar-refractivity contribution in [1.82, 2.24) is 0 Å². The molecule has 0 radical (unpaired) electrons. The molecule has 0 bridgehead atoms. The molecule has 2 rings (SSSR count). The number of rotatable bonds is 6. The Kier molecular flexibility index (Phi) is 6.55. The largest absolute Gasteiger partial charge is 0.324 e. The molecule has 0 aliphatic rings. The number of hydrogen-bond donors (Lipinski definition) is 1. The molecule has 1 N–H and O–H groups in total. The van der Waals surface area contributed by atoms with Crippen molar-refractivity contribution in [2.45, 2.75) is 26.3 Å². The second-order valence-electron chi connectivity index (χ2n) is 5.91. The first kappa shape index (κ1) is 20.6. The van der Waals surface area contributed by atoms with Gasteiger partial charge in [0.15, 0.2) is 0 Å². The minimum atomic E-state index is -3.69. The van der Waals surface area contributed by atoms with Gasteiger partial charge in [0.25, 0.3) is 0 Å². The molecule has 0 aliphatic carbocycles. The lowest BCUT2D eigenvalue weighted by molar-refractivity contribution is -0.117. The summed E-state index contributed by atoms with van der Waals surface area (Å²) in [6.45, 7) is 3.59. The first-order chi connectivity index (χ1) is 12.1. The van der Waals surface area contributed by atoms with Crippen LogP contribution in [-0.2, 0) is 14.8 Å². The highest BCUT2D eigenvalue weighted by Gasteiger charge is 2.31. The van der Waals surface area contributed by atoms with E-state index >= 15 is 0 Å². The SMILES string of the molecule is CC[C@@H](C(=O)Nc1cc(Cl)ccc1C)N(c1ccc(Cl)cc1)S(C)(=O)=O. The third kappa shape index (κ3) is 4.90. The Morgan fingerprint density at radius 2 is 1.69 bits per heavy atom. The standard InChI is InChI=1S/C18H20Cl2N2O3S/c1-4-17(18(23)21-16-11-14(20)6-5-12(16)2)22(26(3,24)25)15-9-7-13(19)8-10-15/h5-11,17H,4H2,1-3H3,(H,21,23)/t17-/m0/s1. The molecule has 0 fully saturated rings. The zero-order chi connectivity index (χ0) is 19.5. The predicted octanol–water partition coefficient (Wildman–Crippen LogP) is 4.49. The number of amides is 1. The fourth-order valence-electron chi connectivity index (χ4n) is 2.59. The van der Waals surface area contributed by atoms with E-state index in [0.29, 0.717) is 27.8 Å². The van der Waals surface area contributed by atoms with Crippen LogP contribution in [0.4, 0.5) is 11.4 Å². The van der Waals surface area contributed by atoms with Crippen LogP contribution in [0.3, 0.4) is 0 Å². The molecule has 5 nitrogen and oxygen atoms in total. The fraction of sp³-hybridized carbons (Fsp3) is 0.278. The first-order valence-corrected chi connectivity index (χ1v) is 10.6. The molecule has 0 unspecified atom stereocenters. The Bertz CT molecular complexity index is 899. The minimum Gasteiger partial charge on any atom is -0.324 e. The lowest BCUT2D eigenvalue weighted by atomic mass is 10.1. The van der Waals surface area contributed by atoms with Crippen LogP contribution in [-0.4, -0.2) is 26.6 Å². The van der Waals surface area contributed by atoms with Crippen molar-refractivity contribution in [3.05, 3.63) is 58.1 Å². The number of carbonyl (C=O) groups excluding carboxylic acids is 1. The average molecular weight is 415 g/mol. The van der Waals surface area contributed by atoms with Gasteiger partial charge in [-0.3, -0.25) is 9.10 Å². The van der Waals surface area contributed by atoms with Crippen molar-refractivity contribution in [1.29, 1.82) is 0 Å². The molecule has 1 atom stereocenters. The third-order valence-corrected chi connectivity index (χ3v) is 5.54. The van der Waals surface area contributed by atoms with E-state index in [0.717, 1.165) is 16.1 Å². The highest BCUT2D eigenvalue weighted by Crippen LogP contribution is 2.26. The molecular formula is C18H20Cl2N2O3S. The molecule has 0 aliphatic heterocycles. The van der Waals surface area contributed by atoms with E-state index in [1.54, 1.807) is 49.4 Å². The Morgan fingerprint density at radius 1 is 1.12 bits per heavy atom. The van der Waals surface area contributed by atoms with Crippen molar-refractivity contribution in [3.63, 3.8) is 0 Å². The number of nitrogens with one attached hydrogen (secondary N) is 1. The maximum absolute atomic E-state index is 12.8. The van der Waals surface area contributed by atoms with Crippen molar-refractivity contribution in [2.75, 3.05) is 15.9 Å². The number of sulfonamides is 1. The molecule has 0 aromatic heterocycles. The van der Waals surface area contributed by atoms with Crippen LogP contribution in [0.2, 0.25) is 10.0 Å². The zero-order valence-corrected chi connectivity index (χ0v) is 17.0. The predicted molar refractivity (Wildman–Crippen MR) is 108 cm³/mol. The van der Waals surface area contributed by atoms with Gasteiger partial charge in [-0.25, -0.2) is 8.42 Å². The second kappa shape index (κ2) is 8.29. The molecule has 26 heavy (non-hydrogen) atoms. The van der Waals surface area contributed by atoms with Gasteiger partial charge in [-0.1, -0.05) is 36.2 Å². The monoisotopic (exact) mass is 414 g/mol. The van der Waals surface area contributed by atoms with Crippen LogP contribution < -0.4 is 9.62 Å². The molecular weight excluding hydrogens is 395 g/mol. The van der Waals surface area contributed by atoms with Gasteiger partial charge in [-0.15, -0.1) is 0 Å². The Labute approximate surface area is 164 Å². The fourth-order valence-corrected chi connectivity index (χ4v) is 4.10. The van der Waals surface area contributed by atoms with Crippen molar-refractivity contribution in [3.8, 4) is 0 Å². The summed E-state index contributed by atoms with van der Waals surface area (Å²) in [5, 5.41) is 3.74. The van der Waals surface area contributed by atoms with Crippen LogP contribution in [0.1, 0.15) is 18.9 Å². The average Bonchev–Trinajstić information content (AvgIpc) is 2.56. The molecule has 0 saturated carbocycles. The van der Waals surface area contributed by atoms with E-state index in [1.807, 2.05) is 6.92 Å². The van der Waals surface area contributed by atoms with Gasteiger partial charge in [0.1, 0.15) is 6.04 Å². The number of hydrogen-bond acceptors (Lipinski definition) is 3. The summed E-state index contributed by atoms with van der Waals surface area (Å²) in [7, 11) is -3.69. The molecule has 8 heteroatoms. The highest BCUT2D eigenvalue weighted by atomic mass is 35.5. The zero-order valence-electron chi connectivity index (χ0n) is 14.7. The molecule has 0 heterocycles. The molecule has 2 aromatic rings. The number of anilines is 2. The summed E-state index contributed by atoms with van der Waals surface area (Å²) in [5.41, 5.74) is 1.75. The summed E-state index contributed by atoms with van der Waals surface area (Å²) in [6, 6.07) is 10.5. The van der Waals surface area contributed by atoms with Crippen LogP contribution in [0.5, 0.6) is 0 Å². The number of aryl methyl sites for hydroxylation is 1. The molecule has 0 spiro atoms.